The second-order valence-corrected chi connectivity index (χ2v) is 11.4. The number of aromatic hydroxyl groups is 2. The van der Waals surface area contributed by atoms with Gasteiger partial charge >= 0.3 is 0 Å². The second kappa shape index (κ2) is 10.9. The highest BCUT2D eigenvalue weighted by atomic mass is 16.7. The molecule has 0 aromatic heterocycles. The van der Waals surface area contributed by atoms with E-state index >= 15 is 0 Å². The van der Waals surface area contributed by atoms with Crippen LogP contribution >= 0.6 is 0 Å². The number of methoxy groups -OCH3 is 1. The fourth-order valence-corrected chi connectivity index (χ4v) is 6.69. The van der Waals surface area contributed by atoms with E-state index in [-0.39, 0.29) is 34.4 Å². The Bertz CT molecular complexity index is 1700. The number of hydrogen-bond donors (Lipinski definition) is 5. The molecule has 1 fully saturated rings. The van der Waals surface area contributed by atoms with Gasteiger partial charge in [0.2, 0.25) is 5.78 Å². The predicted octanol–water partition coefficient (Wildman–Crippen LogP) is -0.0324. The van der Waals surface area contributed by atoms with E-state index in [1.165, 1.54) is 32.2 Å². The summed E-state index contributed by atoms with van der Waals surface area (Å²) in [6.07, 6.45) is -4.47. The summed E-state index contributed by atoms with van der Waals surface area (Å²) in [6, 6.07) is 3.19. The molecule has 0 spiro atoms. The van der Waals surface area contributed by atoms with Gasteiger partial charge in [-0.15, -0.1) is 0 Å². The van der Waals surface area contributed by atoms with E-state index in [4.69, 9.17) is 14.2 Å². The molecule has 2 aliphatic carbocycles. The molecule has 5 N–H and O–H groups in total. The molecule has 45 heavy (non-hydrogen) atoms. The lowest BCUT2D eigenvalue weighted by Gasteiger charge is -2.44. The number of phenols is 2. The van der Waals surface area contributed by atoms with Gasteiger partial charge in [-0.2, -0.15) is 0 Å². The average molecular weight is 624 g/mol. The molecule has 6 atom stereocenters. The van der Waals surface area contributed by atoms with E-state index < -0.39 is 107 Å². The van der Waals surface area contributed by atoms with Crippen LogP contribution in [0.5, 0.6) is 17.2 Å². The maximum Gasteiger partial charge on any atom is 0.253 e. The van der Waals surface area contributed by atoms with Crippen molar-refractivity contribution in [1.29, 1.82) is 0 Å². The minimum absolute atomic E-state index is 0.0542. The van der Waals surface area contributed by atoms with Crippen molar-refractivity contribution in [3.63, 3.8) is 0 Å². The summed E-state index contributed by atoms with van der Waals surface area (Å²) in [5.41, 5.74) is -4.14. The Labute approximate surface area is 255 Å². The Morgan fingerprint density at radius 3 is 2.36 bits per heavy atom. The molecule has 2 aliphatic heterocycles. The van der Waals surface area contributed by atoms with Crippen LogP contribution in [0.25, 0.3) is 0 Å². The van der Waals surface area contributed by atoms with Gasteiger partial charge < -0.3 is 39.7 Å². The number of carbonyl (C=O) groups is 5. The van der Waals surface area contributed by atoms with E-state index in [1.807, 2.05) is 0 Å². The van der Waals surface area contributed by atoms with Crippen molar-refractivity contribution in [1.82, 2.24) is 4.90 Å². The molecule has 2 aromatic carbocycles. The summed E-state index contributed by atoms with van der Waals surface area (Å²) >= 11 is 0. The monoisotopic (exact) mass is 623 g/mol. The van der Waals surface area contributed by atoms with Crippen molar-refractivity contribution in [3.8, 4) is 17.2 Å². The molecule has 4 aliphatic rings. The normalized spacial score (nSPS) is 29.0. The molecule has 4 unspecified atom stereocenters. The summed E-state index contributed by atoms with van der Waals surface area (Å²) in [5, 5.41) is 54.9. The number of rotatable bonds is 6. The molecule has 6 rings (SSSR count). The number of fused-ring (bicyclic) bond motifs is 3. The number of imide groups is 1. The maximum absolute atomic E-state index is 13.8. The van der Waals surface area contributed by atoms with E-state index in [1.54, 1.807) is 0 Å². The van der Waals surface area contributed by atoms with Gasteiger partial charge in [0.05, 0.1) is 42.0 Å². The van der Waals surface area contributed by atoms with Crippen molar-refractivity contribution < 1.29 is 63.7 Å². The van der Waals surface area contributed by atoms with Crippen molar-refractivity contribution >= 4 is 29.2 Å². The van der Waals surface area contributed by atoms with Crippen LogP contribution < -0.4 is 4.74 Å². The first-order valence-corrected chi connectivity index (χ1v) is 14.1. The van der Waals surface area contributed by atoms with Crippen molar-refractivity contribution in [3.05, 3.63) is 63.7 Å². The Hall–Kier alpha value is -4.47. The maximum atomic E-state index is 13.8. The Morgan fingerprint density at radius 2 is 1.71 bits per heavy atom. The van der Waals surface area contributed by atoms with Crippen molar-refractivity contribution in [2.45, 2.75) is 62.4 Å². The predicted molar refractivity (Wildman–Crippen MR) is 149 cm³/mol. The van der Waals surface area contributed by atoms with Crippen LogP contribution in [0.15, 0.2) is 30.4 Å². The number of Topliss-reactive ketones (excluding diaryl/α,β-unsaturated/α-hetero) is 1. The van der Waals surface area contributed by atoms with Crippen molar-refractivity contribution in [2.75, 3.05) is 13.7 Å². The minimum atomic E-state index is -2.35. The molecule has 0 saturated carbocycles. The van der Waals surface area contributed by atoms with Crippen LogP contribution in [0, 0.1) is 0 Å². The topological polar surface area (TPSA) is 217 Å². The molecule has 2 amide bonds. The number of carbonyl (C=O) groups excluding carboxylic acids is 5. The molecule has 1 saturated heterocycles. The summed E-state index contributed by atoms with van der Waals surface area (Å²) in [5.74, 6) is -5.46. The van der Waals surface area contributed by atoms with Crippen LogP contribution in [0.1, 0.15) is 68.8 Å². The van der Waals surface area contributed by atoms with E-state index in [2.05, 4.69) is 0 Å². The van der Waals surface area contributed by atoms with Crippen LogP contribution in [-0.4, -0.2) is 103 Å². The first-order chi connectivity index (χ1) is 21.3. The minimum Gasteiger partial charge on any atom is -0.507 e. The summed E-state index contributed by atoms with van der Waals surface area (Å²) < 4.78 is 17.2. The Kier molecular flexibility index (Phi) is 7.37. The first-order valence-electron chi connectivity index (χ1n) is 14.1. The summed E-state index contributed by atoms with van der Waals surface area (Å²) in [6.45, 7) is 0.388. The Balaban J connectivity index is 1.46. The van der Waals surface area contributed by atoms with E-state index in [0.717, 1.165) is 17.1 Å². The molecule has 236 valence electrons. The number of aliphatic hydroxyl groups excluding tert-OH is 2. The van der Waals surface area contributed by atoms with Crippen molar-refractivity contribution in [2.24, 2.45) is 0 Å². The van der Waals surface area contributed by atoms with E-state index in [9.17, 15) is 49.5 Å². The first kappa shape index (κ1) is 30.6. The van der Waals surface area contributed by atoms with Gasteiger partial charge in [0, 0.05) is 48.1 Å². The smallest absolute Gasteiger partial charge is 0.253 e. The third-order valence-corrected chi connectivity index (χ3v) is 8.91. The zero-order valence-electron chi connectivity index (χ0n) is 24.1. The number of nitrogens with zero attached hydrogens (tertiary/aromatic N) is 1. The number of ether oxygens (including phenoxy) is 3. The zero-order valence-corrected chi connectivity index (χ0v) is 24.1. The highest BCUT2D eigenvalue weighted by Crippen LogP contribution is 2.52. The van der Waals surface area contributed by atoms with Gasteiger partial charge in [-0.05, 0) is 13.0 Å². The van der Waals surface area contributed by atoms with Gasteiger partial charge in [-0.1, -0.05) is 12.1 Å². The standard InChI is InChI=1S/C31H29NO13/c1-12-26(37)15(32-19(35)6-7-20(32)36)8-21(44-12)45-17-10-31(42,18(34)11-33)9-14-23(17)30(41)25-24(28(14)39)27(38)13-4-3-5-16(43-2)22(13)29(25)40/h3-7,12,15,17,21,26,33,37,39,41-42H,8-11H2,1-2H3/t12?,15?,17-,21?,26?,31-/m0/s1. The summed E-state index contributed by atoms with van der Waals surface area (Å²) in [4.78, 5) is 65.9. The highest BCUT2D eigenvalue weighted by molar-refractivity contribution is 6.31. The number of hydrogen-bond acceptors (Lipinski definition) is 13. The lowest BCUT2D eigenvalue weighted by Crippen LogP contribution is -2.57. The van der Waals surface area contributed by atoms with Crippen LogP contribution in [0.4, 0.5) is 0 Å². The average Bonchev–Trinajstić information content (AvgIpc) is 3.35. The van der Waals surface area contributed by atoms with Crippen LogP contribution in [0.3, 0.4) is 0 Å². The number of benzene rings is 2. The lowest BCUT2D eigenvalue weighted by molar-refractivity contribution is -0.256. The third-order valence-electron chi connectivity index (χ3n) is 8.91. The highest BCUT2D eigenvalue weighted by Gasteiger charge is 2.51. The van der Waals surface area contributed by atoms with E-state index in [0.29, 0.717) is 0 Å². The molecule has 2 aromatic rings. The van der Waals surface area contributed by atoms with Gasteiger partial charge in [0.1, 0.15) is 35.6 Å². The molecular formula is C31H29NO13. The molecule has 2 heterocycles. The molecule has 14 heteroatoms. The largest absolute Gasteiger partial charge is 0.507 e. The summed E-state index contributed by atoms with van der Waals surface area (Å²) in [7, 11) is 1.30. The Morgan fingerprint density at radius 1 is 1.04 bits per heavy atom. The molecule has 0 radical (unpaired) electrons. The molecular weight excluding hydrogens is 594 g/mol. The fourth-order valence-electron chi connectivity index (χ4n) is 6.69. The molecule has 0 bridgehead atoms. The quantitative estimate of drug-likeness (QED) is 0.180. The number of ketones is 3. The lowest BCUT2D eigenvalue weighted by atomic mass is 9.72. The van der Waals surface area contributed by atoms with Crippen LogP contribution in [-0.2, 0) is 30.3 Å². The van der Waals surface area contributed by atoms with Gasteiger partial charge in [-0.25, -0.2) is 0 Å². The zero-order chi connectivity index (χ0) is 32.5. The molecule has 14 nitrogen and oxygen atoms in total. The van der Waals surface area contributed by atoms with Gasteiger partial charge in [0.25, 0.3) is 11.8 Å². The fraction of sp³-hybridized carbons (Fsp3) is 0.387. The second-order valence-electron chi connectivity index (χ2n) is 11.4. The SMILES string of the molecule is COc1cccc2c1C(=O)c1c(O)c3c(c(O)c1C2=O)C[C@@](O)(C(=O)CO)C[C@@H]3OC1CC(N2C(=O)C=CC2=O)C(O)C(C)O1. The van der Waals surface area contributed by atoms with Gasteiger partial charge in [-0.3, -0.25) is 28.9 Å². The number of phenolic OH excluding ortho intramolecular Hbond substituents is 2. The number of amides is 2. The van der Waals surface area contributed by atoms with Crippen LogP contribution in [0.2, 0.25) is 0 Å². The third kappa shape index (κ3) is 4.56. The number of aliphatic hydroxyl groups is 3. The van der Waals surface area contributed by atoms with Gasteiger partial charge in [0.15, 0.2) is 17.9 Å².